The molecule has 4 nitrogen and oxygen atoms in total. The summed E-state index contributed by atoms with van der Waals surface area (Å²) in [4.78, 5) is 12.2. The zero-order chi connectivity index (χ0) is 15.5. The van der Waals surface area contributed by atoms with Crippen molar-refractivity contribution in [2.24, 2.45) is 11.1 Å². The number of phenols is 1. The van der Waals surface area contributed by atoms with Crippen LogP contribution in [-0.4, -0.2) is 23.1 Å². The summed E-state index contributed by atoms with van der Waals surface area (Å²) >= 11 is 0. The van der Waals surface area contributed by atoms with Crippen LogP contribution in [0, 0.1) is 5.41 Å². The molecule has 21 heavy (non-hydrogen) atoms. The van der Waals surface area contributed by atoms with Crippen molar-refractivity contribution < 1.29 is 9.90 Å². The summed E-state index contributed by atoms with van der Waals surface area (Å²) in [6.07, 6.45) is 4.84. The Labute approximate surface area is 126 Å². The van der Waals surface area contributed by atoms with E-state index in [2.05, 4.69) is 19.2 Å². The molecule has 0 heterocycles. The number of nitrogens with two attached hydrogens (primary N) is 1. The van der Waals surface area contributed by atoms with E-state index in [-0.39, 0.29) is 17.7 Å². The molecule has 0 radical (unpaired) electrons. The van der Waals surface area contributed by atoms with Gasteiger partial charge < -0.3 is 16.2 Å². The number of hydrogen-bond acceptors (Lipinski definition) is 3. The molecule has 0 saturated heterocycles. The molecule has 1 saturated carbocycles. The van der Waals surface area contributed by atoms with Crippen LogP contribution in [0.25, 0.3) is 0 Å². The van der Waals surface area contributed by atoms with E-state index in [1.807, 2.05) is 0 Å². The Hall–Kier alpha value is -1.55. The van der Waals surface area contributed by atoms with Crippen molar-refractivity contribution in [3.63, 3.8) is 0 Å². The van der Waals surface area contributed by atoms with Crippen LogP contribution in [-0.2, 0) is 11.2 Å². The first kappa shape index (κ1) is 15.8. The largest absolute Gasteiger partial charge is 0.508 e. The molecular formula is C17H26N2O2. The lowest BCUT2D eigenvalue weighted by atomic mass is 9.75. The lowest BCUT2D eigenvalue weighted by Crippen LogP contribution is -2.47. The summed E-state index contributed by atoms with van der Waals surface area (Å²) in [5, 5.41) is 12.3. The minimum atomic E-state index is -0.538. The Morgan fingerprint density at radius 3 is 2.48 bits per heavy atom. The van der Waals surface area contributed by atoms with Gasteiger partial charge in [-0.3, -0.25) is 4.79 Å². The van der Waals surface area contributed by atoms with Crippen LogP contribution in [0.15, 0.2) is 24.3 Å². The van der Waals surface area contributed by atoms with Gasteiger partial charge in [-0.05, 0) is 55.2 Å². The minimum Gasteiger partial charge on any atom is -0.508 e. The van der Waals surface area contributed by atoms with E-state index >= 15 is 0 Å². The number of rotatable bonds is 4. The van der Waals surface area contributed by atoms with Crippen LogP contribution in [0.2, 0.25) is 0 Å². The third-order valence-electron chi connectivity index (χ3n) is 4.41. The fourth-order valence-corrected chi connectivity index (χ4v) is 2.83. The smallest absolute Gasteiger partial charge is 0.237 e. The van der Waals surface area contributed by atoms with Gasteiger partial charge in [0.05, 0.1) is 6.04 Å². The summed E-state index contributed by atoms with van der Waals surface area (Å²) in [5.41, 5.74) is 7.34. The first-order valence-corrected chi connectivity index (χ1v) is 7.70. The summed E-state index contributed by atoms with van der Waals surface area (Å²) in [6.45, 7) is 4.56. The van der Waals surface area contributed by atoms with Crippen LogP contribution in [0.4, 0.5) is 0 Å². The average Bonchev–Trinajstić information content (AvgIpc) is 2.43. The lowest BCUT2D eigenvalue weighted by Gasteiger charge is -2.35. The molecular weight excluding hydrogens is 264 g/mol. The van der Waals surface area contributed by atoms with Crippen molar-refractivity contribution >= 4 is 5.91 Å². The highest BCUT2D eigenvalue weighted by molar-refractivity contribution is 5.82. The number of amides is 1. The van der Waals surface area contributed by atoms with Gasteiger partial charge in [-0.2, -0.15) is 0 Å². The summed E-state index contributed by atoms with van der Waals surface area (Å²) in [7, 11) is 0. The van der Waals surface area contributed by atoms with Gasteiger partial charge in [0.25, 0.3) is 0 Å². The first-order chi connectivity index (χ1) is 9.85. The Morgan fingerprint density at radius 2 is 1.90 bits per heavy atom. The number of carbonyl (C=O) groups excluding carboxylic acids is 1. The first-order valence-electron chi connectivity index (χ1n) is 7.70. The van der Waals surface area contributed by atoms with Crippen molar-refractivity contribution in [2.75, 3.05) is 0 Å². The van der Waals surface area contributed by atoms with Crippen LogP contribution < -0.4 is 11.1 Å². The maximum atomic E-state index is 12.2. The highest BCUT2D eigenvalue weighted by Crippen LogP contribution is 2.34. The Kier molecular flexibility index (Phi) is 4.88. The molecule has 1 aliphatic carbocycles. The predicted octanol–water partition coefficient (Wildman–Crippen LogP) is 2.35. The van der Waals surface area contributed by atoms with E-state index < -0.39 is 6.04 Å². The number of nitrogens with one attached hydrogen (secondary N) is 1. The summed E-state index contributed by atoms with van der Waals surface area (Å²) in [5.74, 6) is 0.148. The zero-order valence-electron chi connectivity index (χ0n) is 12.9. The molecule has 1 aromatic rings. The number of carbonyl (C=O) groups is 1. The molecule has 0 aliphatic heterocycles. The second-order valence-electron chi connectivity index (χ2n) is 6.92. The monoisotopic (exact) mass is 290 g/mol. The fourth-order valence-electron chi connectivity index (χ4n) is 2.83. The van der Waals surface area contributed by atoms with Crippen molar-refractivity contribution in [2.45, 2.75) is 58.0 Å². The second-order valence-corrected chi connectivity index (χ2v) is 6.92. The lowest BCUT2D eigenvalue weighted by molar-refractivity contribution is -0.123. The molecule has 1 atom stereocenters. The van der Waals surface area contributed by atoms with Gasteiger partial charge in [-0.1, -0.05) is 26.0 Å². The Balaban J connectivity index is 1.81. The standard InChI is InChI=1S/C17H26N2O2/c1-17(2)9-7-13(8-10-17)19-16(21)15(18)11-12-3-5-14(20)6-4-12/h3-6,13,15,20H,7-11,18H2,1-2H3,(H,19,21)/t15-/m0/s1. The molecule has 1 aromatic carbocycles. The number of benzene rings is 1. The van der Waals surface area contributed by atoms with Crippen LogP contribution in [0.3, 0.4) is 0 Å². The minimum absolute atomic E-state index is 0.0761. The van der Waals surface area contributed by atoms with Gasteiger partial charge >= 0.3 is 0 Å². The van der Waals surface area contributed by atoms with Gasteiger partial charge in [-0.25, -0.2) is 0 Å². The van der Waals surface area contributed by atoms with E-state index in [0.29, 0.717) is 11.8 Å². The SMILES string of the molecule is CC1(C)CCC(NC(=O)[C@@H](N)Cc2ccc(O)cc2)CC1. The van der Waals surface area contributed by atoms with E-state index in [1.54, 1.807) is 24.3 Å². The van der Waals surface area contributed by atoms with E-state index in [4.69, 9.17) is 5.73 Å². The maximum absolute atomic E-state index is 12.2. The quantitative estimate of drug-likeness (QED) is 0.796. The summed E-state index contributed by atoms with van der Waals surface area (Å²) < 4.78 is 0. The van der Waals surface area contributed by atoms with Crippen LogP contribution in [0.1, 0.15) is 45.1 Å². The van der Waals surface area contributed by atoms with Crippen molar-refractivity contribution in [3.8, 4) is 5.75 Å². The van der Waals surface area contributed by atoms with Crippen molar-refractivity contribution in [1.82, 2.24) is 5.32 Å². The van der Waals surface area contributed by atoms with Gasteiger partial charge in [0.2, 0.25) is 5.91 Å². The van der Waals surface area contributed by atoms with Gasteiger partial charge in [0.15, 0.2) is 0 Å². The third-order valence-corrected chi connectivity index (χ3v) is 4.41. The molecule has 1 fully saturated rings. The Bertz CT molecular complexity index is 472. The zero-order valence-corrected chi connectivity index (χ0v) is 12.9. The molecule has 4 heteroatoms. The van der Waals surface area contributed by atoms with Crippen molar-refractivity contribution in [3.05, 3.63) is 29.8 Å². The van der Waals surface area contributed by atoms with Gasteiger partial charge in [0.1, 0.15) is 5.75 Å². The highest BCUT2D eigenvalue weighted by Gasteiger charge is 2.28. The highest BCUT2D eigenvalue weighted by atomic mass is 16.3. The molecule has 0 aromatic heterocycles. The number of hydrogen-bond donors (Lipinski definition) is 3. The molecule has 2 rings (SSSR count). The molecule has 4 N–H and O–H groups in total. The number of aromatic hydroxyl groups is 1. The third kappa shape index (κ3) is 4.74. The topological polar surface area (TPSA) is 75.4 Å². The Morgan fingerprint density at radius 1 is 1.33 bits per heavy atom. The van der Waals surface area contributed by atoms with Gasteiger partial charge in [-0.15, -0.1) is 0 Å². The molecule has 0 unspecified atom stereocenters. The average molecular weight is 290 g/mol. The van der Waals surface area contributed by atoms with Crippen LogP contribution >= 0.6 is 0 Å². The molecule has 0 spiro atoms. The molecule has 116 valence electrons. The van der Waals surface area contributed by atoms with Crippen molar-refractivity contribution in [1.29, 1.82) is 0 Å². The maximum Gasteiger partial charge on any atom is 0.237 e. The second kappa shape index (κ2) is 6.48. The predicted molar refractivity (Wildman–Crippen MR) is 84.0 cm³/mol. The molecule has 1 amide bonds. The molecule has 0 bridgehead atoms. The fraction of sp³-hybridized carbons (Fsp3) is 0.588. The van der Waals surface area contributed by atoms with E-state index in [1.165, 1.54) is 0 Å². The molecule has 1 aliphatic rings. The number of phenolic OH excluding ortho intramolecular Hbond substituents is 1. The van der Waals surface area contributed by atoms with E-state index in [0.717, 1.165) is 31.2 Å². The summed E-state index contributed by atoms with van der Waals surface area (Å²) in [6, 6.07) is 6.55. The van der Waals surface area contributed by atoms with E-state index in [9.17, 15) is 9.90 Å². The van der Waals surface area contributed by atoms with Gasteiger partial charge in [0, 0.05) is 6.04 Å². The van der Waals surface area contributed by atoms with Crippen LogP contribution in [0.5, 0.6) is 5.75 Å². The normalized spacial score (nSPS) is 20.0.